The third kappa shape index (κ3) is 2.50. The molecule has 3 aromatic rings. The number of halogens is 2. The monoisotopic (exact) mass is 288 g/mol. The summed E-state index contributed by atoms with van der Waals surface area (Å²) >= 11 is 12.0. The van der Waals surface area contributed by atoms with E-state index in [4.69, 9.17) is 23.2 Å². The topological polar surface area (TPSA) is 17.8 Å². The highest BCUT2D eigenvalue weighted by atomic mass is 35.5. The zero-order valence-corrected chi connectivity index (χ0v) is 11.4. The van der Waals surface area contributed by atoms with Crippen molar-refractivity contribution in [3.8, 4) is 0 Å². The largest absolute Gasteiger partial charge is 0.306 e. The zero-order valence-electron chi connectivity index (χ0n) is 9.92. The second-order valence-corrected chi connectivity index (χ2v) is 4.97. The van der Waals surface area contributed by atoms with Crippen LogP contribution in [-0.4, -0.2) is 9.55 Å². The van der Waals surface area contributed by atoms with E-state index in [-0.39, 0.29) is 0 Å². The normalized spacial score (nSPS) is 11.5. The molecule has 0 unspecified atom stereocenters. The number of rotatable bonds is 2. The molecule has 0 fully saturated rings. The fraction of sp³-hybridized carbons (Fsp3) is 0. The van der Waals surface area contributed by atoms with E-state index in [1.807, 2.05) is 53.2 Å². The van der Waals surface area contributed by atoms with E-state index < -0.39 is 0 Å². The summed E-state index contributed by atoms with van der Waals surface area (Å²) in [7, 11) is 0. The van der Waals surface area contributed by atoms with Gasteiger partial charge in [0.15, 0.2) is 0 Å². The molecule has 2 aromatic carbocycles. The zero-order chi connectivity index (χ0) is 13.2. The van der Waals surface area contributed by atoms with Gasteiger partial charge in [0, 0.05) is 16.2 Å². The van der Waals surface area contributed by atoms with Crippen molar-refractivity contribution in [1.82, 2.24) is 9.55 Å². The fourth-order valence-electron chi connectivity index (χ4n) is 1.89. The van der Waals surface area contributed by atoms with Crippen LogP contribution in [0.3, 0.4) is 0 Å². The van der Waals surface area contributed by atoms with Crippen LogP contribution in [0.15, 0.2) is 48.8 Å². The summed E-state index contributed by atoms with van der Waals surface area (Å²) in [5, 5.41) is 1.27. The Balaban J connectivity index is 1.98. The van der Waals surface area contributed by atoms with Crippen LogP contribution in [-0.2, 0) is 0 Å². The molecule has 0 N–H and O–H groups in total. The van der Waals surface area contributed by atoms with E-state index in [0.717, 1.165) is 16.6 Å². The van der Waals surface area contributed by atoms with Gasteiger partial charge in [0.25, 0.3) is 0 Å². The molecule has 1 aromatic heterocycles. The van der Waals surface area contributed by atoms with E-state index in [2.05, 4.69) is 4.98 Å². The molecule has 2 nitrogen and oxygen atoms in total. The SMILES string of the molecule is Clc1ccc(/C=C/n2cnc3ccccc32)c(Cl)c1. The molecule has 0 radical (unpaired) electrons. The lowest BCUT2D eigenvalue weighted by molar-refractivity contribution is 1.18. The van der Waals surface area contributed by atoms with Crippen LogP contribution in [0, 0.1) is 0 Å². The van der Waals surface area contributed by atoms with E-state index in [1.54, 1.807) is 12.4 Å². The lowest BCUT2D eigenvalue weighted by atomic mass is 10.2. The van der Waals surface area contributed by atoms with Crippen molar-refractivity contribution in [2.75, 3.05) is 0 Å². The first kappa shape index (κ1) is 12.3. The Kier molecular flexibility index (Phi) is 3.28. The van der Waals surface area contributed by atoms with Crippen LogP contribution in [0.1, 0.15) is 5.56 Å². The van der Waals surface area contributed by atoms with Crippen molar-refractivity contribution >= 4 is 46.5 Å². The molecule has 0 aliphatic carbocycles. The first-order valence-corrected chi connectivity index (χ1v) is 6.54. The molecular weight excluding hydrogens is 279 g/mol. The fourth-order valence-corrected chi connectivity index (χ4v) is 2.37. The molecule has 0 aliphatic heterocycles. The van der Waals surface area contributed by atoms with E-state index in [1.165, 1.54) is 0 Å². The maximum atomic E-state index is 6.13. The first-order chi connectivity index (χ1) is 9.24. The molecule has 0 spiro atoms. The Labute approximate surface area is 120 Å². The Morgan fingerprint density at radius 2 is 1.89 bits per heavy atom. The minimum Gasteiger partial charge on any atom is -0.306 e. The van der Waals surface area contributed by atoms with Gasteiger partial charge >= 0.3 is 0 Å². The summed E-state index contributed by atoms with van der Waals surface area (Å²) in [6.07, 6.45) is 5.65. The maximum Gasteiger partial charge on any atom is 0.0999 e. The number of fused-ring (bicyclic) bond motifs is 1. The van der Waals surface area contributed by atoms with Crippen LogP contribution < -0.4 is 0 Å². The predicted molar refractivity (Wildman–Crippen MR) is 81.4 cm³/mol. The van der Waals surface area contributed by atoms with Crippen molar-refractivity contribution in [1.29, 1.82) is 0 Å². The highest BCUT2D eigenvalue weighted by molar-refractivity contribution is 6.35. The molecule has 3 rings (SSSR count). The van der Waals surface area contributed by atoms with Crippen molar-refractivity contribution in [2.24, 2.45) is 0 Å². The second-order valence-electron chi connectivity index (χ2n) is 4.12. The molecule has 19 heavy (non-hydrogen) atoms. The van der Waals surface area contributed by atoms with Crippen LogP contribution in [0.5, 0.6) is 0 Å². The van der Waals surface area contributed by atoms with Crippen molar-refractivity contribution in [3.63, 3.8) is 0 Å². The van der Waals surface area contributed by atoms with Gasteiger partial charge in [0.1, 0.15) is 0 Å². The van der Waals surface area contributed by atoms with Gasteiger partial charge in [-0.2, -0.15) is 0 Å². The van der Waals surface area contributed by atoms with Crippen LogP contribution in [0.4, 0.5) is 0 Å². The Hall–Kier alpha value is -1.77. The second kappa shape index (κ2) is 5.08. The lowest BCUT2D eigenvalue weighted by Gasteiger charge is -2.00. The summed E-state index contributed by atoms with van der Waals surface area (Å²) in [6.45, 7) is 0. The lowest BCUT2D eigenvalue weighted by Crippen LogP contribution is -1.83. The molecule has 0 amide bonds. The molecule has 4 heteroatoms. The number of hydrogen-bond acceptors (Lipinski definition) is 1. The first-order valence-electron chi connectivity index (χ1n) is 5.79. The molecular formula is C15H10Cl2N2. The van der Waals surface area contributed by atoms with Crippen LogP contribution >= 0.6 is 23.2 Å². The third-order valence-electron chi connectivity index (χ3n) is 2.86. The van der Waals surface area contributed by atoms with E-state index in [9.17, 15) is 0 Å². The van der Waals surface area contributed by atoms with Gasteiger partial charge in [-0.15, -0.1) is 0 Å². The molecule has 94 valence electrons. The summed E-state index contributed by atoms with van der Waals surface area (Å²) in [6, 6.07) is 13.4. The van der Waals surface area contributed by atoms with Crippen molar-refractivity contribution in [2.45, 2.75) is 0 Å². The Bertz CT molecular complexity index is 760. The van der Waals surface area contributed by atoms with Crippen LogP contribution in [0.25, 0.3) is 23.3 Å². The minimum absolute atomic E-state index is 0.633. The van der Waals surface area contributed by atoms with Gasteiger partial charge in [0.2, 0.25) is 0 Å². The number of benzene rings is 2. The quantitative estimate of drug-likeness (QED) is 0.651. The minimum atomic E-state index is 0.633. The van der Waals surface area contributed by atoms with Crippen molar-refractivity contribution < 1.29 is 0 Å². The summed E-state index contributed by atoms with van der Waals surface area (Å²) in [5.74, 6) is 0. The summed E-state index contributed by atoms with van der Waals surface area (Å²) < 4.78 is 1.96. The molecule has 0 atom stereocenters. The summed E-state index contributed by atoms with van der Waals surface area (Å²) in [5.41, 5.74) is 2.95. The van der Waals surface area contributed by atoms with E-state index in [0.29, 0.717) is 10.0 Å². The maximum absolute atomic E-state index is 6.13. The molecule has 0 bridgehead atoms. The standard InChI is InChI=1S/C15H10Cl2N2/c16-12-6-5-11(13(17)9-12)7-8-19-10-18-14-3-1-2-4-15(14)19/h1-10H/b8-7+. The van der Waals surface area contributed by atoms with Gasteiger partial charge < -0.3 is 4.57 Å². The number of aromatic nitrogens is 2. The van der Waals surface area contributed by atoms with Gasteiger partial charge in [0.05, 0.1) is 17.4 Å². The van der Waals surface area contributed by atoms with Gasteiger partial charge in [-0.25, -0.2) is 4.98 Å². The Morgan fingerprint density at radius 3 is 2.74 bits per heavy atom. The third-order valence-corrected chi connectivity index (χ3v) is 3.42. The molecule has 0 saturated carbocycles. The highest BCUT2D eigenvalue weighted by Gasteiger charge is 2.00. The van der Waals surface area contributed by atoms with Gasteiger partial charge in [-0.1, -0.05) is 41.4 Å². The average Bonchev–Trinajstić information content (AvgIpc) is 2.81. The van der Waals surface area contributed by atoms with Gasteiger partial charge in [-0.3, -0.25) is 0 Å². The van der Waals surface area contributed by atoms with Crippen molar-refractivity contribution in [3.05, 3.63) is 64.4 Å². The molecule has 0 saturated heterocycles. The average molecular weight is 289 g/mol. The number of hydrogen-bond donors (Lipinski definition) is 0. The van der Waals surface area contributed by atoms with E-state index >= 15 is 0 Å². The predicted octanol–water partition coefficient (Wildman–Crippen LogP) is 4.97. The van der Waals surface area contributed by atoms with Gasteiger partial charge in [-0.05, 0) is 35.9 Å². The molecule has 0 aliphatic rings. The highest BCUT2D eigenvalue weighted by Crippen LogP contribution is 2.22. The molecule has 1 heterocycles. The van der Waals surface area contributed by atoms with Crippen LogP contribution in [0.2, 0.25) is 10.0 Å². The summed E-state index contributed by atoms with van der Waals surface area (Å²) in [4.78, 5) is 4.33. The Morgan fingerprint density at radius 1 is 1.05 bits per heavy atom. The number of nitrogens with zero attached hydrogens (tertiary/aromatic N) is 2. The number of para-hydroxylation sites is 2. The smallest absolute Gasteiger partial charge is 0.0999 e. The number of imidazole rings is 1.